The Hall–Kier alpha value is -2.61. The predicted molar refractivity (Wildman–Crippen MR) is 121 cm³/mol. The summed E-state index contributed by atoms with van der Waals surface area (Å²) in [5, 5.41) is 2.68. The molecule has 0 radical (unpaired) electrons. The monoisotopic (exact) mass is 432 g/mol. The molecule has 8 nitrogen and oxygen atoms in total. The molecule has 172 valence electrons. The second-order valence-electron chi connectivity index (χ2n) is 8.00. The van der Waals surface area contributed by atoms with Crippen molar-refractivity contribution >= 4 is 23.5 Å². The first kappa shape index (κ1) is 24.7. The normalized spacial score (nSPS) is 18.8. The fourth-order valence-corrected chi connectivity index (χ4v) is 3.71. The highest BCUT2D eigenvalue weighted by atomic mass is 16.5. The maximum absolute atomic E-state index is 12.5. The smallest absolute Gasteiger partial charge is 0.328 e. The van der Waals surface area contributed by atoms with Crippen LogP contribution >= 0.6 is 0 Å². The highest BCUT2D eigenvalue weighted by molar-refractivity contribution is 5.97. The second-order valence-corrected chi connectivity index (χ2v) is 8.00. The van der Waals surface area contributed by atoms with E-state index in [0.717, 1.165) is 38.3 Å². The number of hydrogen-bond acceptors (Lipinski definition) is 6. The lowest BCUT2D eigenvalue weighted by atomic mass is 10.1. The zero-order valence-corrected chi connectivity index (χ0v) is 19.2. The van der Waals surface area contributed by atoms with Crippen LogP contribution in [0.4, 0.5) is 5.69 Å². The molecule has 8 heteroatoms. The Balaban J connectivity index is 0.00000107. The Bertz CT molecular complexity index is 747. The molecule has 2 amide bonds. The molecule has 1 N–H and O–H groups in total. The molecule has 2 fully saturated rings. The Morgan fingerprint density at radius 1 is 1.10 bits per heavy atom. The molecule has 0 saturated carbocycles. The minimum Gasteiger partial charge on any atom is -0.467 e. The van der Waals surface area contributed by atoms with Crippen molar-refractivity contribution in [3.05, 3.63) is 29.8 Å². The van der Waals surface area contributed by atoms with Gasteiger partial charge in [0.2, 0.25) is 5.91 Å². The van der Waals surface area contributed by atoms with Crippen LogP contribution in [0.25, 0.3) is 0 Å². The molecule has 31 heavy (non-hydrogen) atoms. The van der Waals surface area contributed by atoms with E-state index in [2.05, 4.69) is 36.0 Å². The summed E-state index contributed by atoms with van der Waals surface area (Å²) in [6, 6.07) is 6.91. The number of likely N-dealkylation sites (N-methyl/N-ethyl adjacent to an activating group) is 1. The lowest BCUT2D eigenvalue weighted by molar-refractivity contribution is -0.150. The fraction of sp³-hybridized carbons (Fsp3) is 0.609. The lowest BCUT2D eigenvalue weighted by Gasteiger charge is -2.34. The minimum absolute atomic E-state index is 0.134. The molecular weight excluding hydrogens is 396 g/mol. The molecule has 2 aliphatic rings. The van der Waals surface area contributed by atoms with Gasteiger partial charge in [0.05, 0.1) is 13.7 Å². The number of amides is 2. The standard InChI is InChI=1S/C20H28N4O4.C3H8/c1-22-9-11-23(12-10-22)16-6-3-5-15(13-16)19(26)21-14-18(25)24-8-4-7-17(24)20(27)28-2;1-3-2/h3,5-6,13,17H,4,7-12,14H2,1-2H3,(H,21,26);3H2,1-2H3. The van der Waals surface area contributed by atoms with Crippen LogP contribution < -0.4 is 10.2 Å². The molecule has 3 rings (SSSR count). The number of likely N-dealkylation sites (tertiary alicyclic amines) is 1. The Morgan fingerprint density at radius 2 is 1.77 bits per heavy atom. The predicted octanol–water partition coefficient (Wildman–Crippen LogP) is 1.75. The Kier molecular flexibility index (Phi) is 9.78. The van der Waals surface area contributed by atoms with Gasteiger partial charge in [0, 0.05) is 44.0 Å². The topological polar surface area (TPSA) is 82.2 Å². The molecule has 1 aromatic carbocycles. The van der Waals surface area contributed by atoms with E-state index in [9.17, 15) is 14.4 Å². The van der Waals surface area contributed by atoms with Crippen molar-refractivity contribution in [2.24, 2.45) is 0 Å². The molecule has 1 atom stereocenters. The quantitative estimate of drug-likeness (QED) is 0.714. The largest absolute Gasteiger partial charge is 0.467 e. The zero-order chi connectivity index (χ0) is 22.8. The maximum Gasteiger partial charge on any atom is 0.328 e. The zero-order valence-electron chi connectivity index (χ0n) is 19.2. The molecule has 0 bridgehead atoms. The van der Waals surface area contributed by atoms with E-state index < -0.39 is 12.0 Å². The molecular formula is C23H36N4O4. The number of nitrogens with zero attached hydrogens (tertiary/aromatic N) is 3. The van der Waals surface area contributed by atoms with Gasteiger partial charge in [-0.3, -0.25) is 9.59 Å². The summed E-state index contributed by atoms with van der Waals surface area (Å²) in [4.78, 5) is 42.8. The molecule has 2 aliphatic heterocycles. The molecule has 0 aromatic heterocycles. The van der Waals surface area contributed by atoms with Gasteiger partial charge in [0.25, 0.3) is 5.91 Å². The molecule has 2 heterocycles. The summed E-state index contributed by atoms with van der Waals surface area (Å²) in [5.41, 5.74) is 1.53. The first-order valence-corrected chi connectivity index (χ1v) is 11.1. The first-order valence-electron chi connectivity index (χ1n) is 11.1. The van der Waals surface area contributed by atoms with Gasteiger partial charge in [0.1, 0.15) is 6.04 Å². The number of ether oxygens (including phenoxy) is 1. The number of esters is 1. The number of nitrogens with one attached hydrogen (secondary N) is 1. The third-order valence-corrected chi connectivity index (χ3v) is 5.42. The maximum atomic E-state index is 12.5. The third-order valence-electron chi connectivity index (χ3n) is 5.42. The fourth-order valence-electron chi connectivity index (χ4n) is 3.71. The lowest BCUT2D eigenvalue weighted by Crippen LogP contribution is -2.46. The van der Waals surface area contributed by atoms with Crippen molar-refractivity contribution in [3.8, 4) is 0 Å². The number of methoxy groups -OCH3 is 1. The van der Waals surface area contributed by atoms with Crippen LogP contribution in [0.1, 0.15) is 43.5 Å². The van der Waals surface area contributed by atoms with Crippen LogP contribution in [-0.4, -0.2) is 87.1 Å². The van der Waals surface area contributed by atoms with Crippen molar-refractivity contribution < 1.29 is 19.1 Å². The van der Waals surface area contributed by atoms with Gasteiger partial charge in [-0.2, -0.15) is 0 Å². The van der Waals surface area contributed by atoms with E-state index in [1.807, 2.05) is 18.2 Å². The van der Waals surface area contributed by atoms with Gasteiger partial charge in [-0.1, -0.05) is 26.3 Å². The van der Waals surface area contributed by atoms with Crippen LogP contribution in [-0.2, 0) is 14.3 Å². The van der Waals surface area contributed by atoms with Crippen molar-refractivity contribution in [1.29, 1.82) is 0 Å². The number of anilines is 1. The number of rotatable bonds is 5. The Labute approximate surface area is 185 Å². The van der Waals surface area contributed by atoms with Crippen LogP contribution in [0, 0.1) is 0 Å². The summed E-state index contributed by atoms with van der Waals surface area (Å²) >= 11 is 0. The number of hydrogen-bond donors (Lipinski definition) is 1. The summed E-state index contributed by atoms with van der Waals surface area (Å²) in [5.74, 6) is -0.966. The van der Waals surface area contributed by atoms with Crippen molar-refractivity contribution in [1.82, 2.24) is 15.1 Å². The van der Waals surface area contributed by atoms with E-state index in [4.69, 9.17) is 4.74 Å². The van der Waals surface area contributed by atoms with Gasteiger partial charge >= 0.3 is 5.97 Å². The highest BCUT2D eigenvalue weighted by Gasteiger charge is 2.34. The van der Waals surface area contributed by atoms with Crippen LogP contribution in [0.2, 0.25) is 0 Å². The van der Waals surface area contributed by atoms with Gasteiger partial charge in [-0.05, 0) is 38.1 Å². The number of carbonyl (C=O) groups excluding carboxylic acids is 3. The van der Waals surface area contributed by atoms with E-state index in [1.165, 1.54) is 18.4 Å². The summed E-state index contributed by atoms with van der Waals surface area (Å²) in [6.45, 7) is 8.44. The van der Waals surface area contributed by atoms with Gasteiger partial charge in [0.15, 0.2) is 0 Å². The number of benzene rings is 1. The van der Waals surface area contributed by atoms with Gasteiger partial charge in [-0.25, -0.2) is 4.79 Å². The molecule has 2 saturated heterocycles. The van der Waals surface area contributed by atoms with E-state index >= 15 is 0 Å². The second kappa shape index (κ2) is 12.3. The van der Waals surface area contributed by atoms with Crippen molar-refractivity contribution in [2.45, 2.75) is 39.2 Å². The first-order chi connectivity index (χ1) is 14.9. The van der Waals surface area contributed by atoms with Crippen LogP contribution in [0.3, 0.4) is 0 Å². The summed E-state index contributed by atoms with van der Waals surface area (Å²) in [6.07, 6.45) is 2.60. The van der Waals surface area contributed by atoms with E-state index in [-0.39, 0.29) is 18.4 Å². The minimum atomic E-state index is -0.546. The average molecular weight is 433 g/mol. The number of carbonyl (C=O) groups is 3. The van der Waals surface area contributed by atoms with Crippen molar-refractivity contribution in [3.63, 3.8) is 0 Å². The summed E-state index contributed by atoms with van der Waals surface area (Å²) < 4.78 is 4.76. The van der Waals surface area contributed by atoms with Gasteiger partial charge in [-0.15, -0.1) is 0 Å². The van der Waals surface area contributed by atoms with E-state index in [1.54, 1.807) is 6.07 Å². The molecule has 0 spiro atoms. The van der Waals surface area contributed by atoms with E-state index in [0.29, 0.717) is 18.5 Å². The molecule has 1 aromatic rings. The molecule has 1 unspecified atom stereocenters. The molecule has 0 aliphatic carbocycles. The average Bonchev–Trinajstić information content (AvgIpc) is 3.28. The summed E-state index contributed by atoms with van der Waals surface area (Å²) in [7, 11) is 3.42. The van der Waals surface area contributed by atoms with Crippen LogP contribution in [0.15, 0.2) is 24.3 Å². The highest BCUT2D eigenvalue weighted by Crippen LogP contribution is 2.19. The SMILES string of the molecule is CCC.COC(=O)C1CCCN1C(=O)CNC(=O)c1cccc(N2CCN(C)CC2)c1. The van der Waals surface area contributed by atoms with Crippen molar-refractivity contribution in [2.75, 3.05) is 58.3 Å². The Morgan fingerprint density at radius 3 is 2.42 bits per heavy atom. The number of piperazine rings is 1. The van der Waals surface area contributed by atoms with Gasteiger partial charge < -0.3 is 24.8 Å². The van der Waals surface area contributed by atoms with Crippen LogP contribution in [0.5, 0.6) is 0 Å². The third kappa shape index (κ3) is 6.95.